The van der Waals surface area contributed by atoms with Crippen molar-refractivity contribution in [1.82, 2.24) is 14.1 Å². The van der Waals surface area contributed by atoms with Gasteiger partial charge >= 0.3 is 0 Å². The van der Waals surface area contributed by atoms with Crippen LogP contribution in [-0.2, 0) is 16.6 Å². The van der Waals surface area contributed by atoms with Crippen LogP contribution in [0, 0.1) is 25.6 Å². The van der Waals surface area contributed by atoms with Crippen LogP contribution in [0.25, 0.3) is 0 Å². The predicted molar refractivity (Wildman–Crippen MR) is 99.4 cm³/mol. The van der Waals surface area contributed by atoms with Crippen LogP contribution in [0.4, 0.5) is 4.39 Å². The molecule has 1 aliphatic rings. The molecule has 1 saturated heterocycles. The number of hydrogen-bond acceptors (Lipinski definition) is 3. The van der Waals surface area contributed by atoms with E-state index in [1.165, 1.54) is 21.1 Å². The molecule has 1 aromatic heterocycles. The largest absolute Gasteiger partial charge is 0.264 e. The maximum Gasteiger partial charge on any atom is 0.246 e. The first kappa shape index (κ1) is 19.3. The van der Waals surface area contributed by atoms with Gasteiger partial charge in [0.25, 0.3) is 0 Å². The lowest BCUT2D eigenvalue weighted by Gasteiger charge is -2.29. The Balaban J connectivity index is 1.96. The summed E-state index contributed by atoms with van der Waals surface area (Å²) in [5.74, 6) is 0.106. The highest BCUT2D eigenvalue weighted by atomic mass is 35.5. The summed E-state index contributed by atoms with van der Waals surface area (Å²) in [4.78, 5) is 0.222. The molecule has 0 amide bonds. The Labute approximate surface area is 158 Å². The SMILES string of the molecule is Cc1nn(Cc2c(F)cccc2Cl)c(C)c1S(=O)(=O)N1CCC(C)CC1. The first-order valence-corrected chi connectivity index (χ1v) is 10.5. The van der Waals surface area contributed by atoms with Gasteiger partial charge < -0.3 is 0 Å². The number of benzene rings is 1. The molecule has 2 heterocycles. The number of sulfonamides is 1. The van der Waals surface area contributed by atoms with Crippen molar-refractivity contribution >= 4 is 21.6 Å². The van der Waals surface area contributed by atoms with Gasteiger partial charge in [0.15, 0.2) is 0 Å². The van der Waals surface area contributed by atoms with Crippen molar-refractivity contribution in [3.05, 3.63) is 46.0 Å². The van der Waals surface area contributed by atoms with Crippen LogP contribution in [-0.4, -0.2) is 35.6 Å². The van der Waals surface area contributed by atoms with Gasteiger partial charge in [0.2, 0.25) is 10.0 Å². The number of aryl methyl sites for hydroxylation is 1. The number of halogens is 2. The molecule has 0 spiro atoms. The second kappa shape index (κ2) is 7.29. The van der Waals surface area contributed by atoms with Crippen molar-refractivity contribution in [2.75, 3.05) is 13.1 Å². The van der Waals surface area contributed by atoms with Crippen molar-refractivity contribution in [1.29, 1.82) is 0 Å². The lowest BCUT2D eigenvalue weighted by molar-refractivity contribution is 0.288. The topological polar surface area (TPSA) is 55.2 Å². The molecule has 0 aliphatic carbocycles. The average molecular weight is 400 g/mol. The number of nitrogens with zero attached hydrogens (tertiary/aromatic N) is 3. The van der Waals surface area contributed by atoms with Gasteiger partial charge in [-0.3, -0.25) is 4.68 Å². The van der Waals surface area contributed by atoms with E-state index in [9.17, 15) is 12.8 Å². The molecule has 26 heavy (non-hydrogen) atoms. The van der Waals surface area contributed by atoms with E-state index < -0.39 is 15.8 Å². The third-order valence-corrected chi connectivity index (χ3v) is 7.53. The predicted octanol–water partition coefficient (Wildman–Crippen LogP) is 3.76. The highest BCUT2D eigenvalue weighted by Crippen LogP contribution is 2.29. The van der Waals surface area contributed by atoms with E-state index in [0.29, 0.717) is 41.0 Å². The molecule has 8 heteroatoms. The lowest BCUT2D eigenvalue weighted by Crippen LogP contribution is -2.38. The fraction of sp³-hybridized carbons (Fsp3) is 0.500. The zero-order chi connectivity index (χ0) is 19.1. The van der Waals surface area contributed by atoms with Crippen LogP contribution in [0.15, 0.2) is 23.1 Å². The normalized spacial score (nSPS) is 17.0. The zero-order valence-corrected chi connectivity index (χ0v) is 16.7. The summed E-state index contributed by atoms with van der Waals surface area (Å²) in [5, 5.41) is 4.65. The molecule has 0 N–H and O–H groups in total. The second-order valence-corrected chi connectivity index (χ2v) is 9.23. The monoisotopic (exact) mass is 399 g/mol. The zero-order valence-electron chi connectivity index (χ0n) is 15.2. The summed E-state index contributed by atoms with van der Waals surface area (Å²) in [6, 6.07) is 4.48. The van der Waals surface area contributed by atoms with Crippen molar-refractivity contribution < 1.29 is 12.8 Å². The molecule has 142 valence electrons. The van der Waals surface area contributed by atoms with E-state index in [0.717, 1.165) is 12.8 Å². The summed E-state index contributed by atoms with van der Waals surface area (Å²) in [6.07, 6.45) is 1.71. The van der Waals surface area contributed by atoms with E-state index in [1.54, 1.807) is 19.9 Å². The summed E-state index contributed by atoms with van der Waals surface area (Å²) in [7, 11) is -3.62. The van der Waals surface area contributed by atoms with E-state index in [-0.39, 0.29) is 11.4 Å². The maximum atomic E-state index is 14.1. The van der Waals surface area contributed by atoms with Gasteiger partial charge in [-0.2, -0.15) is 9.40 Å². The molecule has 0 atom stereocenters. The summed E-state index contributed by atoms with van der Waals surface area (Å²) < 4.78 is 43.3. The third-order valence-electron chi connectivity index (χ3n) is 5.03. The van der Waals surface area contributed by atoms with Crippen molar-refractivity contribution in [3.63, 3.8) is 0 Å². The molecule has 1 aromatic carbocycles. The molecule has 1 aliphatic heterocycles. The van der Waals surface area contributed by atoms with Crippen molar-refractivity contribution in [3.8, 4) is 0 Å². The molecule has 0 saturated carbocycles. The first-order chi connectivity index (χ1) is 12.2. The van der Waals surface area contributed by atoms with Crippen molar-refractivity contribution in [2.45, 2.75) is 45.1 Å². The molecule has 0 unspecified atom stereocenters. The minimum atomic E-state index is -3.62. The van der Waals surface area contributed by atoms with Gasteiger partial charge in [-0.05, 0) is 44.7 Å². The Morgan fingerprint density at radius 2 is 1.92 bits per heavy atom. The molecule has 1 fully saturated rings. The standard InChI is InChI=1S/C18H23ClFN3O2S/c1-12-7-9-22(10-8-12)26(24,25)18-13(2)21-23(14(18)3)11-15-16(19)5-4-6-17(15)20/h4-6,12H,7-11H2,1-3H3. The van der Waals surface area contributed by atoms with Crippen LogP contribution in [0.3, 0.4) is 0 Å². The van der Waals surface area contributed by atoms with Crippen LogP contribution in [0.2, 0.25) is 5.02 Å². The van der Waals surface area contributed by atoms with Gasteiger partial charge in [0, 0.05) is 23.7 Å². The van der Waals surface area contributed by atoms with Gasteiger partial charge in [-0.25, -0.2) is 12.8 Å². The second-order valence-electron chi connectivity index (χ2n) is 6.94. The molecule has 3 rings (SSSR count). The maximum absolute atomic E-state index is 14.1. The van der Waals surface area contributed by atoms with Gasteiger partial charge in [-0.15, -0.1) is 0 Å². The van der Waals surface area contributed by atoms with Crippen LogP contribution in [0.5, 0.6) is 0 Å². The van der Waals surface area contributed by atoms with Crippen LogP contribution >= 0.6 is 11.6 Å². The number of aromatic nitrogens is 2. The van der Waals surface area contributed by atoms with E-state index in [4.69, 9.17) is 11.6 Å². The highest BCUT2D eigenvalue weighted by Gasteiger charge is 2.33. The van der Waals surface area contributed by atoms with Crippen molar-refractivity contribution in [2.24, 2.45) is 5.92 Å². The summed E-state index contributed by atoms with van der Waals surface area (Å²) in [5.41, 5.74) is 1.23. The van der Waals surface area contributed by atoms with Gasteiger partial charge in [-0.1, -0.05) is 24.6 Å². The minimum Gasteiger partial charge on any atom is -0.264 e. The fourth-order valence-corrected chi connectivity index (χ4v) is 5.46. The highest BCUT2D eigenvalue weighted by molar-refractivity contribution is 7.89. The Hall–Kier alpha value is -1.44. The van der Waals surface area contributed by atoms with Crippen LogP contribution in [0.1, 0.15) is 36.7 Å². The van der Waals surface area contributed by atoms with Gasteiger partial charge in [0.05, 0.1) is 17.9 Å². The van der Waals surface area contributed by atoms with Crippen LogP contribution < -0.4 is 0 Å². The summed E-state index contributed by atoms with van der Waals surface area (Å²) in [6.45, 7) is 6.64. The van der Waals surface area contributed by atoms with E-state index in [1.807, 2.05) is 0 Å². The third kappa shape index (κ3) is 3.52. The Bertz CT molecular complexity index is 899. The molecule has 5 nitrogen and oxygen atoms in total. The molecular formula is C18H23ClFN3O2S. The Morgan fingerprint density at radius 3 is 2.54 bits per heavy atom. The molecule has 2 aromatic rings. The molecule has 0 bridgehead atoms. The lowest BCUT2D eigenvalue weighted by atomic mass is 10.0. The van der Waals surface area contributed by atoms with E-state index in [2.05, 4.69) is 12.0 Å². The number of piperidine rings is 1. The fourth-order valence-electron chi connectivity index (χ4n) is 3.40. The number of rotatable bonds is 4. The Morgan fingerprint density at radius 1 is 1.27 bits per heavy atom. The minimum absolute atomic E-state index is 0.0880. The van der Waals surface area contributed by atoms with E-state index >= 15 is 0 Å². The first-order valence-electron chi connectivity index (χ1n) is 8.69. The van der Waals surface area contributed by atoms with Gasteiger partial charge in [0.1, 0.15) is 10.7 Å². The quantitative estimate of drug-likeness (QED) is 0.786. The number of hydrogen-bond donors (Lipinski definition) is 0. The molecule has 0 radical (unpaired) electrons. The Kier molecular flexibility index (Phi) is 5.42. The average Bonchev–Trinajstić information content (AvgIpc) is 2.86. The molecular weight excluding hydrogens is 377 g/mol. The smallest absolute Gasteiger partial charge is 0.246 e. The summed E-state index contributed by atoms with van der Waals surface area (Å²) >= 11 is 6.10.